The third-order valence-corrected chi connectivity index (χ3v) is 5.44. The maximum absolute atomic E-state index is 12.7. The number of carbonyl (C=O) groups is 1. The van der Waals surface area contributed by atoms with E-state index in [-0.39, 0.29) is 17.6 Å². The fourth-order valence-corrected chi connectivity index (χ4v) is 3.92. The molecule has 1 amide bonds. The predicted octanol–water partition coefficient (Wildman–Crippen LogP) is 3.77. The molecule has 0 aliphatic heterocycles. The summed E-state index contributed by atoms with van der Waals surface area (Å²) in [4.78, 5) is 25.1. The fraction of sp³-hybridized carbons (Fsp3) is 0.320. The quantitative estimate of drug-likeness (QED) is 0.460. The second-order valence-corrected chi connectivity index (χ2v) is 8.20. The van der Waals surface area contributed by atoms with E-state index in [0.29, 0.717) is 31.4 Å². The number of aromatic nitrogens is 3. The highest BCUT2D eigenvalue weighted by Crippen LogP contribution is 2.26. The van der Waals surface area contributed by atoms with Crippen LogP contribution in [0, 0.1) is 0 Å². The number of rotatable bonds is 8. The van der Waals surface area contributed by atoms with Crippen molar-refractivity contribution in [1.29, 1.82) is 0 Å². The van der Waals surface area contributed by atoms with Crippen molar-refractivity contribution in [1.82, 2.24) is 19.7 Å². The average molecular weight is 433 g/mol. The van der Waals surface area contributed by atoms with Crippen molar-refractivity contribution in [2.45, 2.75) is 45.9 Å². The van der Waals surface area contributed by atoms with E-state index >= 15 is 0 Å². The van der Waals surface area contributed by atoms with Gasteiger partial charge in [0.15, 0.2) is 0 Å². The molecule has 0 radical (unpaired) electrons. The van der Waals surface area contributed by atoms with E-state index in [1.165, 1.54) is 4.68 Å². The number of carbonyl (C=O) groups excluding carboxylic acids is 1. The van der Waals surface area contributed by atoms with Crippen molar-refractivity contribution in [3.8, 4) is 5.75 Å². The first-order valence-electron chi connectivity index (χ1n) is 10.9. The Morgan fingerprint density at radius 2 is 1.84 bits per heavy atom. The van der Waals surface area contributed by atoms with Crippen LogP contribution in [0.4, 0.5) is 0 Å². The number of nitrogens with zero attached hydrogens (tertiary/aromatic N) is 3. The Bertz CT molecular complexity index is 1300. The van der Waals surface area contributed by atoms with Crippen molar-refractivity contribution in [3.05, 3.63) is 70.6 Å². The molecule has 2 aromatic carbocycles. The summed E-state index contributed by atoms with van der Waals surface area (Å²) < 4.78 is 9.00. The summed E-state index contributed by atoms with van der Waals surface area (Å²) in [6.45, 7) is 5.03. The van der Waals surface area contributed by atoms with Gasteiger partial charge in [-0.05, 0) is 44.0 Å². The molecule has 0 aliphatic carbocycles. The molecule has 0 saturated heterocycles. The molecule has 0 atom stereocenters. The van der Waals surface area contributed by atoms with Gasteiger partial charge in [0.25, 0.3) is 5.56 Å². The molecular formula is C25H28N4O3. The number of fused-ring (bicyclic) bond motifs is 3. The van der Waals surface area contributed by atoms with Gasteiger partial charge in [0, 0.05) is 42.8 Å². The second kappa shape index (κ2) is 9.26. The summed E-state index contributed by atoms with van der Waals surface area (Å²) in [5.41, 5.74) is 2.51. The van der Waals surface area contributed by atoms with Gasteiger partial charge < -0.3 is 14.6 Å². The van der Waals surface area contributed by atoms with E-state index in [1.54, 1.807) is 13.2 Å². The van der Waals surface area contributed by atoms with Crippen molar-refractivity contribution in [2.24, 2.45) is 7.05 Å². The number of aryl methyl sites for hydroxylation is 2. The van der Waals surface area contributed by atoms with Gasteiger partial charge in [-0.2, -0.15) is 5.10 Å². The van der Waals surface area contributed by atoms with Gasteiger partial charge in [-0.25, -0.2) is 4.68 Å². The van der Waals surface area contributed by atoms with Crippen LogP contribution in [0.2, 0.25) is 0 Å². The normalized spacial score (nSPS) is 11.4. The highest BCUT2D eigenvalue weighted by Gasteiger charge is 2.15. The summed E-state index contributed by atoms with van der Waals surface area (Å²) in [5.74, 6) is 0.811. The molecule has 1 N–H and O–H groups in total. The lowest BCUT2D eigenvalue weighted by Crippen LogP contribution is -2.23. The standard InChI is InChI=1S/C25H28N4O3/c1-17(2)32-19-12-10-18(11-13-19)15-26-23(30)9-6-14-29-22-8-5-4-7-20(22)21-16-27-28(3)25(31)24(21)29/h4-5,7-8,10-13,16-17H,6,9,14-15H2,1-3H3,(H,26,30). The van der Waals surface area contributed by atoms with Gasteiger partial charge in [-0.15, -0.1) is 0 Å². The molecule has 4 aromatic rings. The Kier molecular flexibility index (Phi) is 6.25. The smallest absolute Gasteiger partial charge is 0.291 e. The number of benzene rings is 2. The lowest BCUT2D eigenvalue weighted by Gasteiger charge is -2.11. The molecule has 32 heavy (non-hydrogen) atoms. The molecule has 0 saturated carbocycles. The Morgan fingerprint density at radius 3 is 2.59 bits per heavy atom. The van der Waals surface area contributed by atoms with Crippen LogP contribution in [0.3, 0.4) is 0 Å². The first-order valence-corrected chi connectivity index (χ1v) is 10.9. The molecular weight excluding hydrogens is 404 g/mol. The van der Waals surface area contributed by atoms with Crippen LogP contribution in [0.25, 0.3) is 21.8 Å². The average Bonchev–Trinajstić information content (AvgIpc) is 3.10. The van der Waals surface area contributed by atoms with Gasteiger partial charge in [-0.1, -0.05) is 30.3 Å². The van der Waals surface area contributed by atoms with Crippen molar-refractivity contribution >= 4 is 27.7 Å². The molecule has 0 aliphatic rings. The lowest BCUT2D eigenvalue weighted by atomic mass is 10.2. The van der Waals surface area contributed by atoms with Crippen LogP contribution in [0.5, 0.6) is 5.75 Å². The van der Waals surface area contributed by atoms with Gasteiger partial charge in [0.2, 0.25) is 5.91 Å². The van der Waals surface area contributed by atoms with Gasteiger partial charge in [0.1, 0.15) is 11.3 Å². The van der Waals surface area contributed by atoms with Crippen LogP contribution in [0.15, 0.2) is 59.5 Å². The molecule has 0 unspecified atom stereocenters. The summed E-state index contributed by atoms with van der Waals surface area (Å²) in [7, 11) is 1.65. The highest BCUT2D eigenvalue weighted by atomic mass is 16.5. The lowest BCUT2D eigenvalue weighted by molar-refractivity contribution is -0.121. The first-order chi connectivity index (χ1) is 15.4. The number of hydrogen-bond donors (Lipinski definition) is 1. The van der Waals surface area contributed by atoms with E-state index in [9.17, 15) is 9.59 Å². The zero-order valence-electron chi connectivity index (χ0n) is 18.7. The number of nitrogens with one attached hydrogen (secondary N) is 1. The second-order valence-electron chi connectivity index (χ2n) is 8.20. The fourth-order valence-electron chi connectivity index (χ4n) is 3.92. The zero-order valence-corrected chi connectivity index (χ0v) is 18.7. The Hall–Kier alpha value is -3.61. The third-order valence-electron chi connectivity index (χ3n) is 5.44. The third kappa shape index (κ3) is 4.51. The minimum absolute atomic E-state index is 0.0113. The largest absolute Gasteiger partial charge is 0.491 e. The molecule has 4 rings (SSSR count). The summed E-state index contributed by atoms with van der Waals surface area (Å²) in [6.07, 6.45) is 2.88. The maximum Gasteiger partial charge on any atom is 0.291 e. The predicted molar refractivity (Wildman–Crippen MR) is 126 cm³/mol. The van der Waals surface area contributed by atoms with E-state index in [2.05, 4.69) is 10.4 Å². The molecule has 2 heterocycles. The van der Waals surface area contributed by atoms with Crippen LogP contribution in [-0.2, 0) is 24.9 Å². The Balaban J connectivity index is 1.39. The van der Waals surface area contributed by atoms with Crippen LogP contribution >= 0.6 is 0 Å². The summed E-state index contributed by atoms with van der Waals surface area (Å²) in [6, 6.07) is 15.7. The van der Waals surface area contributed by atoms with E-state index in [0.717, 1.165) is 27.6 Å². The molecule has 166 valence electrons. The van der Waals surface area contributed by atoms with Crippen LogP contribution in [-0.4, -0.2) is 26.4 Å². The van der Waals surface area contributed by atoms with Gasteiger partial charge in [-0.3, -0.25) is 9.59 Å². The topological polar surface area (TPSA) is 78.2 Å². The van der Waals surface area contributed by atoms with E-state index < -0.39 is 0 Å². The number of amides is 1. The minimum Gasteiger partial charge on any atom is -0.491 e. The summed E-state index contributed by atoms with van der Waals surface area (Å²) in [5, 5.41) is 8.99. The monoisotopic (exact) mass is 432 g/mol. The first kappa shape index (κ1) is 21.6. The molecule has 0 bridgehead atoms. The highest BCUT2D eigenvalue weighted by molar-refractivity contribution is 6.07. The molecule has 0 spiro atoms. The molecule has 7 heteroatoms. The molecule has 7 nitrogen and oxygen atoms in total. The zero-order chi connectivity index (χ0) is 22.7. The SMILES string of the molecule is CC(C)Oc1ccc(CNC(=O)CCCn2c3ccccc3c3cnn(C)c(=O)c32)cc1. The van der Waals surface area contributed by atoms with Gasteiger partial charge >= 0.3 is 0 Å². The van der Waals surface area contributed by atoms with Gasteiger partial charge in [0.05, 0.1) is 12.3 Å². The van der Waals surface area contributed by atoms with Crippen molar-refractivity contribution in [3.63, 3.8) is 0 Å². The van der Waals surface area contributed by atoms with Crippen molar-refractivity contribution in [2.75, 3.05) is 0 Å². The van der Waals surface area contributed by atoms with Crippen LogP contribution < -0.4 is 15.6 Å². The van der Waals surface area contributed by atoms with Crippen molar-refractivity contribution < 1.29 is 9.53 Å². The minimum atomic E-state index is -0.131. The number of para-hydroxylation sites is 1. The Labute approximate surface area is 186 Å². The van der Waals surface area contributed by atoms with E-state index in [4.69, 9.17) is 4.74 Å². The van der Waals surface area contributed by atoms with Crippen LogP contribution in [0.1, 0.15) is 32.3 Å². The maximum atomic E-state index is 12.7. The molecule has 2 aromatic heterocycles. The number of ether oxygens (including phenoxy) is 1. The number of hydrogen-bond acceptors (Lipinski definition) is 4. The Morgan fingerprint density at radius 1 is 1.09 bits per heavy atom. The van der Waals surface area contributed by atoms with E-state index in [1.807, 2.05) is 66.9 Å². The molecule has 0 fully saturated rings. The summed E-state index contributed by atoms with van der Waals surface area (Å²) >= 11 is 0.